The number of hydrogen-bond donors (Lipinski definition) is 0. The van der Waals surface area contributed by atoms with E-state index in [4.69, 9.17) is 0 Å². The highest BCUT2D eigenvalue weighted by molar-refractivity contribution is 5.81. The summed E-state index contributed by atoms with van der Waals surface area (Å²) in [6, 6.07) is -0.0979. The van der Waals surface area contributed by atoms with E-state index in [1.807, 2.05) is 13.8 Å². The van der Waals surface area contributed by atoms with E-state index in [-0.39, 0.29) is 17.7 Å². The highest BCUT2D eigenvalue weighted by Crippen LogP contribution is 2.36. The van der Waals surface area contributed by atoms with Gasteiger partial charge in [-0.25, -0.2) is 4.98 Å². The predicted molar refractivity (Wildman–Crippen MR) is 59.2 cm³/mol. The third kappa shape index (κ3) is 2.42. The number of halogens is 3. The van der Waals surface area contributed by atoms with Gasteiger partial charge in [0.05, 0.1) is 0 Å². The van der Waals surface area contributed by atoms with Gasteiger partial charge in [0, 0.05) is 31.0 Å². The molecule has 1 heterocycles. The van der Waals surface area contributed by atoms with Crippen molar-refractivity contribution in [2.45, 2.75) is 51.2 Å². The highest BCUT2D eigenvalue weighted by atomic mass is 19.4. The Balaban J connectivity index is 2.39. The van der Waals surface area contributed by atoms with Crippen molar-refractivity contribution in [2.75, 3.05) is 0 Å². The lowest BCUT2D eigenvalue weighted by molar-refractivity contribution is -0.141. The predicted octanol–water partition coefficient (Wildman–Crippen LogP) is 3.32. The SMILES string of the molecule is CC(C)n1cc(C(F)(F)F)nc1[C@@H]1CCC(=O)C1. The molecular weight excluding hydrogens is 245 g/mol. The lowest BCUT2D eigenvalue weighted by Gasteiger charge is -2.14. The molecule has 0 aliphatic heterocycles. The second kappa shape index (κ2) is 4.40. The second-order valence-corrected chi connectivity index (χ2v) is 4.96. The molecule has 1 aromatic heterocycles. The van der Waals surface area contributed by atoms with Gasteiger partial charge >= 0.3 is 6.18 Å². The summed E-state index contributed by atoms with van der Waals surface area (Å²) in [5.74, 6) is 0.325. The Morgan fingerprint density at radius 2 is 2.11 bits per heavy atom. The summed E-state index contributed by atoms with van der Waals surface area (Å²) in [6.45, 7) is 3.62. The number of ketones is 1. The van der Waals surface area contributed by atoms with Gasteiger partial charge in [0.2, 0.25) is 0 Å². The van der Waals surface area contributed by atoms with Crippen LogP contribution >= 0.6 is 0 Å². The fraction of sp³-hybridized carbons (Fsp3) is 0.667. The number of rotatable bonds is 2. The van der Waals surface area contributed by atoms with Crippen LogP contribution in [0.25, 0.3) is 0 Å². The van der Waals surface area contributed by atoms with Crippen LogP contribution in [-0.4, -0.2) is 15.3 Å². The first kappa shape index (κ1) is 13.1. The third-order valence-corrected chi connectivity index (χ3v) is 3.22. The maximum atomic E-state index is 12.7. The van der Waals surface area contributed by atoms with Gasteiger partial charge in [0.25, 0.3) is 0 Å². The van der Waals surface area contributed by atoms with E-state index >= 15 is 0 Å². The Labute approximate surface area is 103 Å². The van der Waals surface area contributed by atoms with Gasteiger partial charge < -0.3 is 4.57 Å². The van der Waals surface area contributed by atoms with Crippen LogP contribution in [0.1, 0.15) is 56.6 Å². The van der Waals surface area contributed by atoms with E-state index < -0.39 is 11.9 Å². The zero-order chi connectivity index (χ0) is 13.5. The Bertz CT molecular complexity index is 462. The summed E-state index contributed by atoms with van der Waals surface area (Å²) in [5.41, 5.74) is -0.870. The van der Waals surface area contributed by atoms with Crippen molar-refractivity contribution >= 4 is 5.78 Å². The van der Waals surface area contributed by atoms with E-state index in [9.17, 15) is 18.0 Å². The van der Waals surface area contributed by atoms with Gasteiger partial charge in [0.15, 0.2) is 5.69 Å². The summed E-state index contributed by atoms with van der Waals surface area (Å²) >= 11 is 0. The second-order valence-electron chi connectivity index (χ2n) is 4.96. The molecule has 3 nitrogen and oxygen atoms in total. The zero-order valence-corrected chi connectivity index (χ0v) is 10.3. The average molecular weight is 260 g/mol. The molecule has 2 rings (SSSR count). The molecule has 0 bridgehead atoms. The van der Waals surface area contributed by atoms with Gasteiger partial charge in [-0.05, 0) is 20.3 Å². The summed E-state index contributed by atoms with van der Waals surface area (Å²) in [5, 5.41) is 0. The van der Waals surface area contributed by atoms with Crippen LogP contribution in [-0.2, 0) is 11.0 Å². The Kier molecular flexibility index (Phi) is 3.21. The lowest BCUT2D eigenvalue weighted by atomic mass is 10.1. The van der Waals surface area contributed by atoms with E-state index in [1.54, 1.807) is 0 Å². The molecule has 1 saturated carbocycles. The van der Waals surface area contributed by atoms with Crippen LogP contribution in [0.2, 0.25) is 0 Å². The van der Waals surface area contributed by atoms with Crippen molar-refractivity contribution in [2.24, 2.45) is 0 Å². The van der Waals surface area contributed by atoms with Crippen molar-refractivity contribution in [1.82, 2.24) is 9.55 Å². The average Bonchev–Trinajstić information content (AvgIpc) is 2.81. The van der Waals surface area contributed by atoms with Gasteiger partial charge in [-0.2, -0.15) is 13.2 Å². The van der Waals surface area contributed by atoms with Crippen LogP contribution in [0.4, 0.5) is 13.2 Å². The van der Waals surface area contributed by atoms with Crippen LogP contribution < -0.4 is 0 Å². The normalized spacial score (nSPS) is 21.0. The molecule has 0 spiro atoms. The fourth-order valence-electron chi connectivity index (χ4n) is 2.29. The summed E-state index contributed by atoms with van der Waals surface area (Å²) in [7, 11) is 0. The van der Waals surface area contributed by atoms with E-state index in [2.05, 4.69) is 4.98 Å². The molecule has 100 valence electrons. The van der Waals surface area contributed by atoms with Crippen LogP contribution in [0, 0.1) is 0 Å². The molecule has 0 aromatic carbocycles. The van der Waals surface area contributed by atoms with E-state index in [0.717, 1.165) is 6.20 Å². The number of aromatic nitrogens is 2. The number of hydrogen-bond acceptors (Lipinski definition) is 2. The van der Waals surface area contributed by atoms with E-state index in [1.165, 1.54) is 4.57 Å². The van der Waals surface area contributed by atoms with Gasteiger partial charge in [-0.3, -0.25) is 4.79 Å². The molecule has 1 aliphatic rings. The van der Waals surface area contributed by atoms with Crippen molar-refractivity contribution in [3.63, 3.8) is 0 Å². The summed E-state index contributed by atoms with van der Waals surface area (Å²) in [4.78, 5) is 15.0. The molecule has 1 aliphatic carbocycles. The van der Waals surface area contributed by atoms with Gasteiger partial charge in [-0.1, -0.05) is 0 Å². The van der Waals surface area contributed by atoms with Crippen LogP contribution in [0.5, 0.6) is 0 Å². The molecule has 0 saturated heterocycles. The Hall–Kier alpha value is -1.33. The highest BCUT2D eigenvalue weighted by Gasteiger charge is 2.37. The molecule has 0 radical (unpaired) electrons. The molecule has 0 amide bonds. The third-order valence-electron chi connectivity index (χ3n) is 3.22. The molecule has 6 heteroatoms. The Morgan fingerprint density at radius 3 is 2.56 bits per heavy atom. The number of carbonyl (C=O) groups excluding carboxylic acids is 1. The van der Waals surface area contributed by atoms with Gasteiger partial charge in [0.1, 0.15) is 11.6 Å². The first-order valence-electron chi connectivity index (χ1n) is 5.96. The van der Waals surface area contributed by atoms with Crippen LogP contribution in [0.3, 0.4) is 0 Å². The molecular formula is C12H15F3N2O. The fourth-order valence-corrected chi connectivity index (χ4v) is 2.29. The minimum absolute atomic E-state index is 0.0979. The monoisotopic (exact) mass is 260 g/mol. The number of nitrogens with zero attached hydrogens (tertiary/aromatic N) is 2. The van der Waals surface area contributed by atoms with Crippen molar-refractivity contribution in [1.29, 1.82) is 0 Å². The number of alkyl halides is 3. The zero-order valence-electron chi connectivity index (χ0n) is 10.3. The molecule has 1 fully saturated rings. The van der Waals surface area contributed by atoms with Crippen molar-refractivity contribution in [3.05, 3.63) is 17.7 Å². The first-order valence-corrected chi connectivity index (χ1v) is 5.96. The maximum absolute atomic E-state index is 12.7. The molecule has 0 N–H and O–H groups in total. The number of Topliss-reactive ketones (excluding diaryl/α,β-unsaturated/α-hetero) is 1. The Morgan fingerprint density at radius 1 is 1.44 bits per heavy atom. The molecule has 18 heavy (non-hydrogen) atoms. The molecule has 1 atom stereocenters. The number of carbonyl (C=O) groups is 1. The van der Waals surface area contributed by atoms with Gasteiger partial charge in [-0.15, -0.1) is 0 Å². The molecule has 0 unspecified atom stereocenters. The van der Waals surface area contributed by atoms with Crippen molar-refractivity contribution < 1.29 is 18.0 Å². The van der Waals surface area contributed by atoms with Crippen molar-refractivity contribution in [3.8, 4) is 0 Å². The largest absolute Gasteiger partial charge is 0.434 e. The quantitative estimate of drug-likeness (QED) is 0.817. The number of imidazole rings is 1. The summed E-state index contributed by atoms with van der Waals surface area (Å²) < 4.78 is 39.5. The first-order chi connectivity index (χ1) is 8.29. The standard InChI is InChI=1S/C12H15F3N2O/c1-7(2)17-6-10(12(13,14)15)16-11(17)8-3-4-9(18)5-8/h6-8H,3-5H2,1-2H3/t8-/m1/s1. The maximum Gasteiger partial charge on any atom is 0.434 e. The topological polar surface area (TPSA) is 34.9 Å². The molecule has 1 aromatic rings. The minimum atomic E-state index is -4.43. The van der Waals surface area contributed by atoms with E-state index in [0.29, 0.717) is 25.1 Å². The lowest BCUT2D eigenvalue weighted by Crippen LogP contribution is -2.09. The smallest absolute Gasteiger partial charge is 0.332 e. The minimum Gasteiger partial charge on any atom is -0.332 e. The van der Waals surface area contributed by atoms with Crippen LogP contribution in [0.15, 0.2) is 6.20 Å². The summed E-state index contributed by atoms with van der Waals surface area (Å²) in [6.07, 6.45) is -2.04.